The van der Waals surface area contributed by atoms with E-state index in [1.807, 2.05) is 30.3 Å². The quantitative estimate of drug-likeness (QED) is 0.706. The van der Waals surface area contributed by atoms with Crippen LogP contribution in [0.15, 0.2) is 30.3 Å². The van der Waals surface area contributed by atoms with Gasteiger partial charge >= 0.3 is 5.97 Å². The number of carbonyl (C=O) groups excluding carboxylic acids is 3. The molecule has 2 amide bonds. The van der Waals surface area contributed by atoms with Crippen molar-refractivity contribution in [3.05, 3.63) is 35.9 Å². The summed E-state index contributed by atoms with van der Waals surface area (Å²) in [5.41, 5.74) is 0.818. The predicted molar refractivity (Wildman–Crippen MR) is 93.5 cm³/mol. The van der Waals surface area contributed by atoms with Crippen molar-refractivity contribution in [1.29, 1.82) is 0 Å². The Balaban J connectivity index is 1.83. The van der Waals surface area contributed by atoms with Gasteiger partial charge in [0.25, 0.3) is 0 Å². The fourth-order valence-electron chi connectivity index (χ4n) is 3.16. The number of rotatable bonds is 8. The lowest BCUT2D eigenvalue weighted by molar-refractivity contribution is -0.141. The maximum atomic E-state index is 12.2. The van der Waals surface area contributed by atoms with Gasteiger partial charge in [-0.2, -0.15) is 0 Å². The van der Waals surface area contributed by atoms with Crippen LogP contribution < -0.4 is 10.6 Å². The fourth-order valence-corrected chi connectivity index (χ4v) is 3.16. The Labute approximate surface area is 148 Å². The minimum Gasteiger partial charge on any atom is -0.469 e. The van der Waals surface area contributed by atoms with Gasteiger partial charge in [0.15, 0.2) is 0 Å². The summed E-state index contributed by atoms with van der Waals surface area (Å²) in [6.07, 6.45) is 5.08. The van der Waals surface area contributed by atoms with Gasteiger partial charge < -0.3 is 15.4 Å². The highest BCUT2D eigenvalue weighted by Gasteiger charge is 2.21. The first-order valence-corrected chi connectivity index (χ1v) is 8.76. The molecule has 0 spiro atoms. The number of ether oxygens (including phenoxy) is 1. The summed E-state index contributed by atoms with van der Waals surface area (Å²) in [7, 11) is 1.31. The van der Waals surface area contributed by atoms with Crippen molar-refractivity contribution in [2.24, 2.45) is 5.92 Å². The Hall–Kier alpha value is -2.37. The summed E-state index contributed by atoms with van der Waals surface area (Å²) >= 11 is 0. The Morgan fingerprint density at radius 2 is 1.80 bits per heavy atom. The maximum Gasteiger partial charge on any atom is 0.307 e. The van der Waals surface area contributed by atoms with Crippen LogP contribution in [-0.4, -0.2) is 31.4 Å². The molecule has 0 aliphatic heterocycles. The first-order chi connectivity index (χ1) is 12.1. The molecule has 2 rings (SSSR count). The highest BCUT2D eigenvalue weighted by atomic mass is 16.5. The molecule has 0 aromatic heterocycles. The van der Waals surface area contributed by atoms with E-state index in [1.54, 1.807) is 0 Å². The zero-order valence-corrected chi connectivity index (χ0v) is 14.6. The van der Waals surface area contributed by atoms with Gasteiger partial charge in [-0.25, -0.2) is 0 Å². The number of benzene rings is 1. The van der Waals surface area contributed by atoms with Crippen LogP contribution >= 0.6 is 0 Å². The number of hydrogen-bond acceptors (Lipinski definition) is 4. The Bertz CT molecular complexity index is 582. The molecule has 1 aromatic rings. The van der Waals surface area contributed by atoms with Gasteiger partial charge in [-0.3, -0.25) is 14.4 Å². The second-order valence-corrected chi connectivity index (χ2v) is 6.44. The monoisotopic (exact) mass is 346 g/mol. The average Bonchev–Trinajstić information content (AvgIpc) is 3.13. The Morgan fingerprint density at radius 3 is 2.44 bits per heavy atom. The molecule has 0 heterocycles. The van der Waals surface area contributed by atoms with Crippen molar-refractivity contribution in [3.63, 3.8) is 0 Å². The van der Waals surface area contributed by atoms with Crippen molar-refractivity contribution < 1.29 is 19.1 Å². The van der Waals surface area contributed by atoms with E-state index in [-0.39, 0.29) is 24.8 Å². The molecule has 1 aliphatic rings. The first-order valence-electron chi connectivity index (χ1n) is 8.76. The van der Waals surface area contributed by atoms with Crippen LogP contribution in [0, 0.1) is 5.92 Å². The maximum absolute atomic E-state index is 12.2. The largest absolute Gasteiger partial charge is 0.469 e. The molecule has 0 unspecified atom stereocenters. The number of carbonyl (C=O) groups is 3. The Morgan fingerprint density at radius 1 is 1.12 bits per heavy atom. The third-order valence-corrected chi connectivity index (χ3v) is 4.53. The van der Waals surface area contributed by atoms with E-state index in [2.05, 4.69) is 10.6 Å². The second kappa shape index (κ2) is 9.81. The summed E-state index contributed by atoms with van der Waals surface area (Å²) in [6.45, 7) is -0.0872. The molecule has 0 saturated heterocycles. The summed E-state index contributed by atoms with van der Waals surface area (Å²) in [5, 5.41) is 5.46. The topological polar surface area (TPSA) is 84.5 Å². The van der Waals surface area contributed by atoms with Crippen LogP contribution in [0.2, 0.25) is 0 Å². The van der Waals surface area contributed by atoms with E-state index in [0.717, 1.165) is 18.4 Å². The normalized spacial score (nSPS) is 15.4. The highest BCUT2D eigenvalue weighted by Crippen LogP contribution is 2.27. The second-order valence-electron chi connectivity index (χ2n) is 6.44. The lowest BCUT2D eigenvalue weighted by atomic mass is 10.0. The lowest BCUT2D eigenvalue weighted by Crippen LogP contribution is -2.39. The van der Waals surface area contributed by atoms with Crippen LogP contribution in [0.4, 0.5) is 0 Å². The molecule has 1 atom stereocenters. The van der Waals surface area contributed by atoms with E-state index >= 15 is 0 Å². The van der Waals surface area contributed by atoms with E-state index < -0.39 is 12.0 Å². The van der Waals surface area contributed by atoms with E-state index in [1.165, 1.54) is 20.0 Å². The van der Waals surface area contributed by atoms with Gasteiger partial charge in [0, 0.05) is 6.42 Å². The van der Waals surface area contributed by atoms with Gasteiger partial charge in [-0.1, -0.05) is 43.2 Å². The molecular weight excluding hydrogens is 320 g/mol. The molecule has 1 fully saturated rings. The van der Waals surface area contributed by atoms with Gasteiger partial charge in [-0.05, 0) is 24.3 Å². The third-order valence-electron chi connectivity index (χ3n) is 4.53. The van der Waals surface area contributed by atoms with Crippen molar-refractivity contribution in [3.8, 4) is 0 Å². The summed E-state index contributed by atoms with van der Waals surface area (Å²) in [5.74, 6) is -0.373. The molecule has 25 heavy (non-hydrogen) atoms. The molecule has 0 bridgehead atoms. The minimum absolute atomic E-state index is 0.0439. The highest BCUT2D eigenvalue weighted by molar-refractivity contribution is 5.85. The minimum atomic E-state index is -0.479. The molecule has 1 aliphatic carbocycles. The summed E-state index contributed by atoms with van der Waals surface area (Å²) in [4.78, 5) is 35.7. The van der Waals surface area contributed by atoms with Gasteiger partial charge in [0.1, 0.15) is 0 Å². The van der Waals surface area contributed by atoms with E-state index in [4.69, 9.17) is 4.74 Å². The number of esters is 1. The molecule has 1 saturated carbocycles. The summed E-state index contributed by atoms with van der Waals surface area (Å²) in [6, 6.07) is 8.75. The van der Waals surface area contributed by atoms with Gasteiger partial charge in [-0.15, -0.1) is 0 Å². The van der Waals surface area contributed by atoms with Crippen molar-refractivity contribution in [2.45, 2.75) is 44.6 Å². The van der Waals surface area contributed by atoms with Crippen molar-refractivity contribution in [1.82, 2.24) is 10.6 Å². The van der Waals surface area contributed by atoms with Crippen LogP contribution in [-0.2, 0) is 19.1 Å². The fraction of sp³-hybridized carbons (Fsp3) is 0.526. The number of nitrogens with one attached hydrogen (secondary N) is 2. The van der Waals surface area contributed by atoms with Crippen LogP contribution in [0.5, 0.6) is 0 Å². The zero-order chi connectivity index (χ0) is 18.1. The molecule has 0 radical (unpaired) electrons. The van der Waals surface area contributed by atoms with Crippen LogP contribution in [0.25, 0.3) is 0 Å². The average molecular weight is 346 g/mol. The van der Waals surface area contributed by atoms with E-state index in [0.29, 0.717) is 12.3 Å². The van der Waals surface area contributed by atoms with Crippen molar-refractivity contribution in [2.75, 3.05) is 13.7 Å². The standard InChI is InChI=1S/C19H26N2O4/c1-25-19(24)12-16(15-9-3-2-4-10-15)21-18(23)13-20-17(22)11-14-7-5-6-8-14/h2-4,9-10,14,16H,5-8,11-13H2,1H3,(H,20,22)(H,21,23)/t16-/m0/s1. The molecular formula is C19H26N2O4. The smallest absolute Gasteiger partial charge is 0.307 e. The van der Waals surface area contributed by atoms with Gasteiger partial charge in [0.2, 0.25) is 11.8 Å². The first kappa shape index (κ1) is 19.0. The molecule has 6 nitrogen and oxygen atoms in total. The van der Waals surface area contributed by atoms with Gasteiger partial charge in [0.05, 0.1) is 26.1 Å². The van der Waals surface area contributed by atoms with E-state index in [9.17, 15) is 14.4 Å². The number of hydrogen-bond donors (Lipinski definition) is 2. The Kier molecular flexibility index (Phi) is 7.44. The molecule has 136 valence electrons. The van der Waals surface area contributed by atoms with Crippen LogP contribution in [0.1, 0.15) is 50.1 Å². The lowest BCUT2D eigenvalue weighted by Gasteiger charge is -2.18. The molecule has 1 aromatic carbocycles. The SMILES string of the molecule is COC(=O)C[C@H](NC(=O)CNC(=O)CC1CCCC1)c1ccccc1. The third kappa shape index (κ3) is 6.57. The zero-order valence-electron chi connectivity index (χ0n) is 14.6. The molecule has 6 heteroatoms. The summed E-state index contributed by atoms with van der Waals surface area (Å²) < 4.78 is 4.70. The number of amides is 2. The van der Waals surface area contributed by atoms with Crippen LogP contribution in [0.3, 0.4) is 0 Å². The predicted octanol–water partition coefficient (Wildman–Crippen LogP) is 2.10. The van der Waals surface area contributed by atoms with Crippen molar-refractivity contribution >= 4 is 17.8 Å². The molecule has 2 N–H and O–H groups in total. The number of methoxy groups -OCH3 is 1.